The fourth-order valence-corrected chi connectivity index (χ4v) is 3.47. The number of aliphatic hydroxyl groups is 1. The molecule has 138 valence electrons. The molecular weight excluding hydrogens is 332 g/mol. The van der Waals surface area contributed by atoms with E-state index in [9.17, 15) is 9.90 Å². The van der Waals surface area contributed by atoms with Crippen LogP contribution in [0.25, 0.3) is 17.0 Å². The molecule has 0 aliphatic heterocycles. The summed E-state index contributed by atoms with van der Waals surface area (Å²) < 4.78 is 16.9. The van der Waals surface area contributed by atoms with Crippen LogP contribution in [0.2, 0.25) is 0 Å². The van der Waals surface area contributed by atoms with Gasteiger partial charge < -0.3 is 19.0 Å². The Bertz CT molecular complexity index is 916. The van der Waals surface area contributed by atoms with Gasteiger partial charge in [0.05, 0.1) is 19.5 Å². The highest BCUT2D eigenvalue weighted by atomic mass is 16.5. The van der Waals surface area contributed by atoms with Gasteiger partial charge in [-0.3, -0.25) is 0 Å². The maximum Gasteiger partial charge on any atom is 0.333 e. The van der Waals surface area contributed by atoms with Crippen LogP contribution in [0, 0.1) is 6.92 Å². The minimum absolute atomic E-state index is 0.109. The summed E-state index contributed by atoms with van der Waals surface area (Å²) in [5.74, 6) is 0.128. The van der Waals surface area contributed by atoms with Crippen LogP contribution < -0.4 is 4.74 Å². The highest BCUT2D eigenvalue weighted by Crippen LogP contribution is 2.45. The van der Waals surface area contributed by atoms with Crippen LogP contribution in [-0.4, -0.2) is 24.3 Å². The van der Waals surface area contributed by atoms with Crippen LogP contribution in [0.5, 0.6) is 5.75 Å². The number of carbonyl (C=O) groups excluding carboxylic acids is 1. The van der Waals surface area contributed by atoms with E-state index < -0.39 is 6.10 Å². The first-order chi connectivity index (χ1) is 12.4. The van der Waals surface area contributed by atoms with Gasteiger partial charge in [-0.1, -0.05) is 25.2 Å². The van der Waals surface area contributed by atoms with Crippen LogP contribution in [-0.2, 0) is 16.1 Å². The Morgan fingerprint density at radius 3 is 2.81 bits per heavy atom. The first-order valence-electron chi connectivity index (χ1n) is 8.67. The molecule has 0 amide bonds. The minimum Gasteiger partial charge on any atom is -0.492 e. The number of aryl methyl sites for hydroxylation is 1. The van der Waals surface area contributed by atoms with Crippen molar-refractivity contribution in [2.75, 3.05) is 7.11 Å². The zero-order valence-electron chi connectivity index (χ0n) is 15.8. The van der Waals surface area contributed by atoms with Crippen molar-refractivity contribution in [2.24, 2.45) is 0 Å². The number of rotatable bonds is 4. The zero-order chi connectivity index (χ0) is 19.0. The number of esters is 1. The normalized spacial score (nSPS) is 19.5. The van der Waals surface area contributed by atoms with E-state index in [0.29, 0.717) is 16.9 Å². The summed E-state index contributed by atoms with van der Waals surface area (Å²) in [5.41, 5.74) is 4.77. The molecule has 0 spiro atoms. The fourth-order valence-electron chi connectivity index (χ4n) is 3.47. The van der Waals surface area contributed by atoms with E-state index in [1.54, 1.807) is 39.4 Å². The number of fused-ring (bicyclic) bond motifs is 2. The highest BCUT2D eigenvalue weighted by Gasteiger charge is 2.31. The molecule has 1 heterocycles. The fraction of sp³-hybridized carbons (Fsp3) is 0.381. The molecule has 1 N–H and O–H groups in total. The Balaban J connectivity index is 2.22. The van der Waals surface area contributed by atoms with Crippen LogP contribution in [0.3, 0.4) is 0 Å². The monoisotopic (exact) mass is 356 g/mol. The zero-order valence-corrected chi connectivity index (χ0v) is 15.8. The van der Waals surface area contributed by atoms with Crippen molar-refractivity contribution in [3.8, 4) is 5.75 Å². The Morgan fingerprint density at radius 2 is 2.15 bits per heavy atom. The van der Waals surface area contributed by atoms with Crippen molar-refractivity contribution in [2.45, 2.75) is 46.3 Å². The molecule has 5 nitrogen and oxygen atoms in total. The van der Waals surface area contributed by atoms with Gasteiger partial charge in [0.1, 0.15) is 6.61 Å². The van der Waals surface area contributed by atoms with Crippen molar-refractivity contribution < 1.29 is 23.8 Å². The van der Waals surface area contributed by atoms with Gasteiger partial charge in [-0.05, 0) is 31.9 Å². The summed E-state index contributed by atoms with van der Waals surface area (Å²) in [4.78, 5) is 12.1. The smallest absolute Gasteiger partial charge is 0.333 e. The van der Waals surface area contributed by atoms with E-state index in [-0.39, 0.29) is 18.5 Å². The third-order valence-electron chi connectivity index (χ3n) is 5.08. The highest BCUT2D eigenvalue weighted by molar-refractivity contribution is 5.95. The van der Waals surface area contributed by atoms with Gasteiger partial charge in [0, 0.05) is 28.0 Å². The van der Waals surface area contributed by atoms with Gasteiger partial charge in [-0.15, -0.1) is 0 Å². The van der Waals surface area contributed by atoms with Gasteiger partial charge in [-0.25, -0.2) is 4.79 Å². The van der Waals surface area contributed by atoms with Gasteiger partial charge in [0.15, 0.2) is 11.3 Å². The van der Waals surface area contributed by atoms with Crippen molar-refractivity contribution >= 4 is 23.0 Å². The Morgan fingerprint density at radius 1 is 1.42 bits per heavy atom. The predicted molar refractivity (Wildman–Crippen MR) is 100 cm³/mol. The first-order valence-corrected chi connectivity index (χ1v) is 8.67. The van der Waals surface area contributed by atoms with Crippen molar-refractivity contribution in [3.05, 3.63) is 46.2 Å². The Hall–Kier alpha value is -2.53. The summed E-state index contributed by atoms with van der Waals surface area (Å²) in [6.07, 6.45) is 6.38. The molecule has 1 aromatic heterocycles. The molecule has 2 aromatic rings. The molecule has 0 saturated carbocycles. The molecule has 1 aliphatic rings. The Labute approximate surface area is 152 Å². The van der Waals surface area contributed by atoms with E-state index in [1.807, 2.05) is 19.9 Å². The lowest BCUT2D eigenvalue weighted by atomic mass is 9.81. The molecule has 1 aromatic carbocycles. The largest absolute Gasteiger partial charge is 0.492 e. The number of furan rings is 1. The average molecular weight is 356 g/mol. The van der Waals surface area contributed by atoms with Gasteiger partial charge in [0.25, 0.3) is 0 Å². The van der Waals surface area contributed by atoms with Gasteiger partial charge in [-0.2, -0.15) is 0 Å². The maximum absolute atomic E-state index is 12.1. The van der Waals surface area contributed by atoms with E-state index in [2.05, 4.69) is 0 Å². The molecule has 0 bridgehead atoms. The van der Waals surface area contributed by atoms with Gasteiger partial charge in [0.2, 0.25) is 0 Å². The third kappa shape index (κ3) is 2.82. The van der Waals surface area contributed by atoms with E-state index in [1.165, 1.54) is 0 Å². The van der Waals surface area contributed by atoms with E-state index in [4.69, 9.17) is 13.9 Å². The lowest BCUT2D eigenvalue weighted by Crippen LogP contribution is -2.20. The first kappa shape index (κ1) is 18.3. The second kappa shape index (κ2) is 7.00. The summed E-state index contributed by atoms with van der Waals surface area (Å²) in [6.45, 7) is 7.53. The van der Waals surface area contributed by atoms with Crippen molar-refractivity contribution in [1.29, 1.82) is 0 Å². The molecule has 5 heteroatoms. The number of allylic oxidation sites excluding steroid dienone is 1. The topological polar surface area (TPSA) is 68.9 Å². The third-order valence-corrected chi connectivity index (χ3v) is 5.08. The van der Waals surface area contributed by atoms with Crippen LogP contribution >= 0.6 is 0 Å². The summed E-state index contributed by atoms with van der Waals surface area (Å²) >= 11 is 0. The van der Waals surface area contributed by atoms with Crippen LogP contribution in [0.4, 0.5) is 0 Å². The number of hydrogen-bond acceptors (Lipinski definition) is 5. The maximum atomic E-state index is 12.1. The number of ether oxygens (including phenoxy) is 2. The molecule has 0 fully saturated rings. The molecule has 3 rings (SSSR count). The predicted octanol–water partition coefficient (Wildman–Crippen LogP) is 4.25. The molecular formula is C21H24O5. The molecule has 2 atom stereocenters. The standard InChI is InChI=1S/C21H24O5/c1-6-11(2)21(23)26-10-15-17-12(3)9-25-20(17)19(24-5)14-7-8-16(22)13(4)18(14)15/h6-9,13,16,22H,10H2,1-5H3. The summed E-state index contributed by atoms with van der Waals surface area (Å²) in [5, 5.41) is 11.2. The SMILES string of the molecule is CC=C(C)C(=O)OCc1c2c(c(OC)c3occ(C)c13)C=CC(O)C2C. The van der Waals surface area contributed by atoms with E-state index >= 15 is 0 Å². The molecule has 0 radical (unpaired) electrons. The van der Waals surface area contributed by atoms with E-state index in [0.717, 1.165) is 27.6 Å². The molecule has 26 heavy (non-hydrogen) atoms. The molecule has 1 aliphatic carbocycles. The summed E-state index contributed by atoms with van der Waals surface area (Å²) in [7, 11) is 1.60. The second-order valence-corrected chi connectivity index (χ2v) is 6.65. The second-order valence-electron chi connectivity index (χ2n) is 6.65. The number of carbonyl (C=O) groups is 1. The number of benzene rings is 1. The Kier molecular flexibility index (Phi) is 4.92. The van der Waals surface area contributed by atoms with Crippen molar-refractivity contribution in [1.82, 2.24) is 0 Å². The average Bonchev–Trinajstić information content (AvgIpc) is 3.02. The lowest BCUT2D eigenvalue weighted by molar-refractivity contribution is -0.140. The van der Waals surface area contributed by atoms with Crippen molar-refractivity contribution in [3.63, 3.8) is 0 Å². The quantitative estimate of drug-likeness (QED) is 0.655. The molecule has 0 saturated heterocycles. The number of hydrogen-bond donors (Lipinski definition) is 1. The summed E-state index contributed by atoms with van der Waals surface area (Å²) in [6, 6.07) is 0. The van der Waals surface area contributed by atoms with Crippen LogP contribution in [0.15, 0.2) is 28.4 Å². The number of aliphatic hydroxyl groups excluding tert-OH is 1. The van der Waals surface area contributed by atoms with Crippen LogP contribution in [0.1, 0.15) is 48.9 Å². The van der Waals surface area contributed by atoms with Gasteiger partial charge >= 0.3 is 5.97 Å². The molecule has 2 unspecified atom stereocenters. The number of methoxy groups -OCH3 is 1. The minimum atomic E-state index is -0.608. The lowest BCUT2D eigenvalue weighted by Gasteiger charge is -2.28.